The van der Waals surface area contributed by atoms with Crippen LogP contribution in [-0.2, 0) is 9.47 Å². The lowest BCUT2D eigenvalue weighted by Crippen LogP contribution is -2.63. The van der Waals surface area contributed by atoms with E-state index in [2.05, 4.69) is 18.7 Å². The Hall–Kier alpha value is -0.160. The van der Waals surface area contributed by atoms with Crippen LogP contribution in [0.1, 0.15) is 20.3 Å². The van der Waals surface area contributed by atoms with Gasteiger partial charge in [0.2, 0.25) is 0 Å². The van der Waals surface area contributed by atoms with Crippen molar-refractivity contribution in [2.24, 2.45) is 11.7 Å². The summed E-state index contributed by atoms with van der Waals surface area (Å²) in [5, 5.41) is 0. The molecule has 0 spiro atoms. The van der Waals surface area contributed by atoms with Gasteiger partial charge in [-0.1, -0.05) is 0 Å². The average Bonchev–Trinajstić information content (AvgIpc) is 2.82. The van der Waals surface area contributed by atoms with Crippen LogP contribution in [0.25, 0.3) is 0 Å². The second-order valence-corrected chi connectivity index (χ2v) is 5.24. The number of hydrogen-bond donors (Lipinski definition) is 1. The van der Waals surface area contributed by atoms with E-state index in [9.17, 15) is 0 Å². The smallest absolute Gasteiger partial charge is 0.0620 e. The molecule has 94 valence electrons. The highest BCUT2D eigenvalue weighted by Gasteiger charge is 2.43. The van der Waals surface area contributed by atoms with Crippen LogP contribution in [0, 0.1) is 5.92 Å². The first-order valence-corrected chi connectivity index (χ1v) is 6.31. The number of hydrogen-bond acceptors (Lipinski definition) is 4. The molecule has 4 nitrogen and oxygen atoms in total. The van der Waals surface area contributed by atoms with Gasteiger partial charge >= 0.3 is 0 Å². The number of nitrogens with two attached hydrogens (primary N) is 1. The third-order valence-corrected chi connectivity index (χ3v) is 4.25. The minimum Gasteiger partial charge on any atom is -0.381 e. The van der Waals surface area contributed by atoms with Crippen molar-refractivity contribution in [2.45, 2.75) is 31.8 Å². The summed E-state index contributed by atoms with van der Waals surface area (Å²) in [4.78, 5) is 2.52. The molecule has 2 rings (SSSR count). The molecule has 0 amide bonds. The lowest BCUT2D eigenvalue weighted by atomic mass is 9.82. The molecule has 2 fully saturated rings. The molecular formula is C12H24N2O2. The largest absolute Gasteiger partial charge is 0.381 e. The molecule has 0 aliphatic carbocycles. The zero-order valence-corrected chi connectivity index (χ0v) is 10.4. The van der Waals surface area contributed by atoms with Crippen LogP contribution in [0.4, 0.5) is 0 Å². The van der Waals surface area contributed by atoms with Gasteiger partial charge in [0.1, 0.15) is 0 Å². The molecule has 2 saturated heterocycles. The fourth-order valence-corrected chi connectivity index (χ4v) is 3.03. The summed E-state index contributed by atoms with van der Waals surface area (Å²) in [6.45, 7) is 9.60. The zero-order valence-electron chi connectivity index (χ0n) is 10.4. The first-order chi connectivity index (χ1) is 7.68. The van der Waals surface area contributed by atoms with Gasteiger partial charge in [0.15, 0.2) is 0 Å². The topological polar surface area (TPSA) is 47.7 Å². The number of morpholine rings is 1. The number of ether oxygens (including phenoxy) is 2. The highest BCUT2D eigenvalue weighted by molar-refractivity contribution is 4.98. The van der Waals surface area contributed by atoms with E-state index in [1.54, 1.807) is 0 Å². The maximum absolute atomic E-state index is 6.04. The van der Waals surface area contributed by atoms with Crippen molar-refractivity contribution in [3.63, 3.8) is 0 Å². The van der Waals surface area contributed by atoms with Gasteiger partial charge < -0.3 is 15.2 Å². The normalized spacial score (nSPS) is 36.2. The zero-order chi connectivity index (χ0) is 11.6. The minimum absolute atomic E-state index is 0.0691. The van der Waals surface area contributed by atoms with Crippen LogP contribution in [0.3, 0.4) is 0 Å². The number of rotatable bonds is 3. The predicted molar refractivity (Wildman–Crippen MR) is 63.4 cm³/mol. The molecule has 2 N–H and O–H groups in total. The Morgan fingerprint density at radius 2 is 2.06 bits per heavy atom. The van der Waals surface area contributed by atoms with E-state index in [1.165, 1.54) is 0 Å². The summed E-state index contributed by atoms with van der Waals surface area (Å²) in [5.74, 6) is 0.568. The maximum Gasteiger partial charge on any atom is 0.0620 e. The monoisotopic (exact) mass is 228 g/mol. The Kier molecular flexibility index (Phi) is 3.85. The summed E-state index contributed by atoms with van der Waals surface area (Å²) in [7, 11) is 0. The van der Waals surface area contributed by atoms with E-state index in [4.69, 9.17) is 15.2 Å². The van der Waals surface area contributed by atoms with Gasteiger partial charge in [0, 0.05) is 37.2 Å². The molecule has 0 aromatic rings. The van der Waals surface area contributed by atoms with Crippen LogP contribution >= 0.6 is 0 Å². The van der Waals surface area contributed by atoms with Gasteiger partial charge in [-0.25, -0.2) is 0 Å². The van der Waals surface area contributed by atoms with Crippen molar-refractivity contribution >= 4 is 0 Å². The van der Waals surface area contributed by atoms with E-state index in [0.29, 0.717) is 18.5 Å². The Balaban J connectivity index is 2.11. The fourth-order valence-electron chi connectivity index (χ4n) is 3.03. The fraction of sp³-hybridized carbons (Fsp3) is 1.00. The van der Waals surface area contributed by atoms with Crippen molar-refractivity contribution in [1.82, 2.24) is 4.90 Å². The highest BCUT2D eigenvalue weighted by Crippen LogP contribution is 2.32. The molecule has 16 heavy (non-hydrogen) atoms. The molecular weight excluding hydrogens is 204 g/mol. The van der Waals surface area contributed by atoms with Gasteiger partial charge in [-0.15, -0.1) is 0 Å². The summed E-state index contributed by atoms with van der Waals surface area (Å²) < 4.78 is 11.0. The molecule has 3 atom stereocenters. The summed E-state index contributed by atoms with van der Waals surface area (Å²) in [6.07, 6.45) is 1.14. The van der Waals surface area contributed by atoms with Crippen LogP contribution < -0.4 is 5.73 Å². The standard InChI is InChI=1S/C12H24N2O2/c1-10-7-16-6-4-14(10)12(2,9-13)11-3-5-15-8-11/h10-11H,3-9,13H2,1-2H3. The molecule has 0 aromatic carbocycles. The van der Waals surface area contributed by atoms with Crippen LogP contribution in [0.5, 0.6) is 0 Å². The van der Waals surface area contributed by atoms with Gasteiger partial charge in [-0.2, -0.15) is 0 Å². The van der Waals surface area contributed by atoms with Gasteiger partial charge in [0.25, 0.3) is 0 Å². The second kappa shape index (κ2) is 5.00. The van der Waals surface area contributed by atoms with Crippen LogP contribution in [-0.4, -0.2) is 56.0 Å². The minimum atomic E-state index is 0.0691. The lowest BCUT2D eigenvalue weighted by Gasteiger charge is -2.49. The van der Waals surface area contributed by atoms with E-state index >= 15 is 0 Å². The molecule has 0 aromatic heterocycles. The molecule has 0 saturated carbocycles. The molecule has 2 aliphatic rings. The summed E-state index contributed by atoms with van der Waals surface area (Å²) >= 11 is 0. The molecule has 2 heterocycles. The van der Waals surface area contributed by atoms with Crippen molar-refractivity contribution in [1.29, 1.82) is 0 Å². The van der Waals surface area contributed by atoms with E-state index in [1.807, 2.05) is 0 Å². The van der Waals surface area contributed by atoms with E-state index in [0.717, 1.165) is 39.4 Å². The quantitative estimate of drug-likeness (QED) is 0.762. The maximum atomic E-state index is 6.04. The molecule has 3 unspecified atom stereocenters. The van der Waals surface area contributed by atoms with Crippen LogP contribution in [0.15, 0.2) is 0 Å². The van der Waals surface area contributed by atoms with Crippen molar-refractivity contribution < 1.29 is 9.47 Å². The van der Waals surface area contributed by atoms with Crippen molar-refractivity contribution in [2.75, 3.05) is 39.5 Å². The third-order valence-electron chi connectivity index (χ3n) is 4.25. The third kappa shape index (κ3) is 2.12. The molecule has 0 bridgehead atoms. The molecule has 4 heteroatoms. The SMILES string of the molecule is CC1COCCN1C(C)(CN)C1CCOC1. The lowest BCUT2D eigenvalue weighted by molar-refractivity contribution is -0.0710. The van der Waals surface area contributed by atoms with E-state index in [-0.39, 0.29) is 5.54 Å². The molecule has 0 radical (unpaired) electrons. The Morgan fingerprint density at radius 1 is 1.31 bits per heavy atom. The summed E-state index contributed by atoms with van der Waals surface area (Å²) in [5.41, 5.74) is 6.11. The number of nitrogens with zero attached hydrogens (tertiary/aromatic N) is 1. The van der Waals surface area contributed by atoms with Gasteiger partial charge in [-0.05, 0) is 20.3 Å². The van der Waals surface area contributed by atoms with Crippen LogP contribution in [0.2, 0.25) is 0 Å². The first-order valence-electron chi connectivity index (χ1n) is 6.31. The Bertz CT molecular complexity index is 231. The highest BCUT2D eigenvalue weighted by atomic mass is 16.5. The Morgan fingerprint density at radius 3 is 2.62 bits per heavy atom. The van der Waals surface area contributed by atoms with Crippen molar-refractivity contribution in [3.8, 4) is 0 Å². The first kappa shape index (κ1) is 12.3. The predicted octanol–water partition coefficient (Wildman–Crippen LogP) is 0.461. The summed E-state index contributed by atoms with van der Waals surface area (Å²) in [6, 6.07) is 0.461. The average molecular weight is 228 g/mol. The second-order valence-electron chi connectivity index (χ2n) is 5.24. The van der Waals surface area contributed by atoms with Crippen molar-refractivity contribution in [3.05, 3.63) is 0 Å². The van der Waals surface area contributed by atoms with Gasteiger partial charge in [-0.3, -0.25) is 4.90 Å². The molecule has 2 aliphatic heterocycles. The van der Waals surface area contributed by atoms with E-state index < -0.39 is 0 Å². The Labute approximate surface area is 98.1 Å². The van der Waals surface area contributed by atoms with Gasteiger partial charge in [0.05, 0.1) is 19.8 Å².